The molecule has 12 nitrogen and oxygen atoms in total. The fourth-order valence-corrected chi connectivity index (χ4v) is 8.89. The molecule has 0 bridgehead atoms. The van der Waals surface area contributed by atoms with Gasteiger partial charge in [-0.25, -0.2) is 19.6 Å². The molecule has 2 atom stereocenters. The summed E-state index contributed by atoms with van der Waals surface area (Å²) in [7, 11) is 2.04. The molecule has 2 aliphatic heterocycles. The smallest absolute Gasteiger partial charge is 0.478 e. The number of thiazole rings is 1. The number of hydrogen-bond acceptors (Lipinski definition) is 9. The number of alkyl halides is 3. The summed E-state index contributed by atoms with van der Waals surface area (Å²) in [5, 5.41) is 23.2. The van der Waals surface area contributed by atoms with Crippen LogP contribution in [0.25, 0.3) is 10.3 Å². The molecule has 2 amide bonds. The minimum Gasteiger partial charge on any atom is -0.478 e. The number of carboxylic acids is 2. The van der Waals surface area contributed by atoms with Crippen LogP contribution in [0.1, 0.15) is 111 Å². The Morgan fingerprint density at radius 1 is 0.915 bits per heavy atom. The topological polar surface area (TPSA) is 165 Å². The monoisotopic (exact) mass is 836 g/mol. The van der Waals surface area contributed by atoms with Crippen LogP contribution in [0.15, 0.2) is 54.6 Å². The number of piperidine rings is 1. The van der Waals surface area contributed by atoms with Gasteiger partial charge in [-0.15, -0.1) is 0 Å². The largest absolute Gasteiger partial charge is 0.490 e. The van der Waals surface area contributed by atoms with E-state index in [0.29, 0.717) is 34.4 Å². The van der Waals surface area contributed by atoms with Crippen molar-refractivity contribution in [3.63, 3.8) is 0 Å². The van der Waals surface area contributed by atoms with Gasteiger partial charge in [-0.3, -0.25) is 9.59 Å². The van der Waals surface area contributed by atoms with Crippen molar-refractivity contribution in [1.82, 2.24) is 30.4 Å². The normalized spacial score (nSPS) is 18.5. The van der Waals surface area contributed by atoms with Crippen molar-refractivity contribution < 1.29 is 42.6 Å². The molecule has 0 spiro atoms. The lowest BCUT2D eigenvalue weighted by Crippen LogP contribution is -2.57. The van der Waals surface area contributed by atoms with Gasteiger partial charge in [0.25, 0.3) is 11.8 Å². The number of carbonyl (C=O) groups is 4. The van der Waals surface area contributed by atoms with Gasteiger partial charge in [0.1, 0.15) is 10.3 Å². The Morgan fingerprint density at radius 2 is 1.59 bits per heavy atom. The standard InChI is InChI=1S/C41H50N6O4S.C2HF3O2/c1-41(2,3)31-12-13-33-30(21-31)22-35-38(44-33)52-39(45-35)37(49)43-34(28-6-5-7-29(20-28)36(48)42-32-23-46(4)24-32)16-19-47-17-14-26(15-18-47)25-8-10-27(11-9-25)40(50)51;3-2(4,5)1(6)7/h5-11,20,22,26,31-32,34H,12-19,21,23-24H2,1-4H3,(H,42,48)(H,43,49)(H,50,51);(H,6,7)/t31-,34+;/m0./s1. The van der Waals surface area contributed by atoms with Crippen molar-refractivity contribution in [2.75, 3.05) is 39.8 Å². The van der Waals surface area contributed by atoms with Crippen LogP contribution in [0.5, 0.6) is 0 Å². The first-order valence-corrected chi connectivity index (χ1v) is 20.7. The van der Waals surface area contributed by atoms with Crippen molar-refractivity contribution in [2.24, 2.45) is 11.3 Å². The summed E-state index contributed by atoms with van der Waals surface area (Å²) < 4.78 is 31.7. The van der Waals surface area contributed by atoms with Gasteiger partial charge >= 0.3 is 18.1 Å². The summed E-state index contributed by atoms with van der Waals surface area (Å²) in [6, 6.07) is 16.9. The maximum Gasteiger partial charge on any atom is 0.490 e. The van der Waals surface area contributed by atoms with Crippen LogP contribution in [0.3, 0.4) is 0 Å². The van der Waals surface area contributed by atoms with E-state index in [1.807, 2.05) is 43.4 Å². The van der Waals surface area contributed by atoms with E-state index in [1.165, 1.54) is 22.5 Å². The summed E-state index contributed by atoms with van der Waals surface area (Å²) in [5.74, 6) is -3.02. The van der Waals surface area contributed by atoms with Crippen LogP contribution >= 0.6 is 11.3 Å². The second-order valence-electron chi connectivity index (χ2n) is 16.9. The molecular formula is C43H51F3N6O6S. The number of halogens is 3. The number of carbonyl (C=O) groups excluding carboxylic acids is 2. The zero-order chi connectivity index (χ0) is 42.6. The zero-order valence-corrected chi connectivity index (χ0v) is 34.5. The Kier molecular flexibility index (Phi) is 13.4. The lowest BCUT2D eigenvalue weighted by atomic mass is 9.71. The van der Waals surface area contributed by atoms with E-state index < -0.39 is 18.1 Å². The van der Waals surface area contributed by atoms with Crippen LogP contribution in [-0.2, 0) is 17.6 Å². The van der Waals surface area contributed by atoms with E-state index in [0.717, 1.165) is 86.4 Å². The molecule has 2 saturated heterocycles. The van der Waals surface area contributed by atoms with Gasteiger partial charge in [-0.05, 0) is 123 Å². The first-order chi connectivity index (χ1) is 27.8. The van der Waals surface area contributed by atoms with Gasteiger partial charge in [0.15, 0.2) is 5.01 Å². The average molecular weight is 837 g/mol. The molecule has 4 heterocycles. The quantitative estimate of drug-likeness (QED) is 0.131. The van der Waals surface area contributed by atoms with E-state index in [4.69, 9.17) is 19.9 Å². The number of nitrogens with one attached hydrogen (secondary N) is 2. The number of likely N-dealkylation sites (tertiary alicyclic amines) is 2. The summed E-state index contributed by atoms with van der Waals surface area (Å²) in [4.78, 5) is 62.5. The van der Waals surface area contributed by atoms with Crippen molar-refractivity contribution in [1.29, 1.82) is 0 Å². The highest BCUT2D eigenvalue weighted by molar-refractivity contribution is 7.19. The van der Waals surface area contributed by atoms with Gasteiger partial charge in [-0.2, -0.15) is 13.2 Å². The maximum absolute atomic E-state index is 13.9. The number of aliphatic carboxylic acids is 1. The summed E-state index contributed by atoms with van der Waals surface area (Å²) in [5.41, 5.74) is 6.35. The predicted molar refractivity (Wildman–Crippen MR) is 218 cm³/mol. The van der Waals surface area contributed by atoms with E-state index in [2.05, 4.69) is 47.3 Å². The van der Waals surface area contributed by atoms with E-state index in [-0.39, 0.29) is 29.3 Å². The molecule has 0 radical (unpaired) electrons. The van der Waals surface area contributed by atoms with E-state index in [1.54, 1.807) is 12.1 Å². The molecule has 7 rings (SSSR count). The molecule has 59 heavy (non-hydrogen) atoms. The molecule has 2 aromatic carbocycles. The Balaban J connectivity index is 0.000000768. The molecule has 316 valence electrons. The number of carboxylic acid groups (broad SMARTS) is 2. The highest BCUT2D eigenvalue weighted by atomic mass is 32.1. The number of benzene rings is 2. The highest BCUT2D eigenvalue weighted by Gasteiger charge is 2.38. The first-order valence-electron chi connectivity index (χ1n) is 19.9. The van der Waals surface area contributed by atoms with Crippen LogP contribution < -0.4 is 10.6 Å². The van der Waals surface area contributed by atoms with Crippen LogP contribution in [0.4, 0.5) is 13.2 Å². The van der Waals surface area contributed by atoms with Gasteiger partial charge < -0.3 is 30.6 Å². The maximum atomic E-state index is 13.9. The number of pyridine rings is 1. The lowest BCUT2D eigenvalue weighted by molar-refractivity contribution is -0.192. The number of hydrogen-bond donors (Lipinski definition) is 4. The Hall–Kier alpha value is -4.93. The Morgan fingerprint density at radius 3 is 2.20 bits per heavy atom. The highest BCUT2D eigenvalue weighted by Crippen LogP contribution is 2.38. The number of amides is 2. The molecule has 3 aliphatic rings. The van der Waals surface area contributed by atoms with Gasteiger partial charge in [-0.1, -0.05) is 56.4 Å². The summed E-state index contributed by atoms with van der Waals surface area (Å²) in [6.45, 7) is 11.2. The van der Waals surface area contributed by atoms with Crippen LogP contribution in [-0.4, -0.2) is 106 Å². The Labute approximate surface area is 345 Å². The molecule has 1 aliphatic carbocycles. The van der Waals surface area contributed by atoms with Crippen molar-refractivity contribution in [2.45, 2.75) is 83.5 Å². The number of aromatic nitrogens is 2. The first kappa shape index (κ1) is 43.6. The number of likely N-dealkylation sites (N-methyl/N-ethyl adjacent to an activating group) is 1. The second-order valence-corrected chi connectivity index (χ2v) is 17.9. The minimum absolute atomic E-state index is 0.0987. The third-order valence-corrected chi connectivity index (χ3v) is 12.6. The third-order valence-electron chi connectivity index (χ3n) is 11.6. The molecule has 16 heteroatoms. The molecule has 2 aromatic heterocycles. The molecule has 0 saturated carbocycles. The number of aromatic carboxylic acids is 1. The van der Waals surface area contributed by atoms with E-state index in [9.17, 15) is 32.7 Å². The number of rotatable bonds is 10. The van der Waals surface area contributed by atoms with Gasteiger partial charge in [0, 0.05) is 30.9 Å². The van der Waals surface area contributed by atoms with Crippen molar-refractivity contribution in [3.05, 3.63) is 93.1 Å². The van der Waals surface area contributed by atoms with Crippen LogP contribution in [0, 0.1) is 11.3 Å². The van der Waals surface area contributed by atoms with Crippen molar-refractivity contribution in [3.8, 4) is 0 Å². The van der Waals surface area contributed by atoms with Crippen LogP contribution in [0.2, 0.25) is 0 Å². The number of nitrogens with zero attached hydrogens (tertiary/aromatic N) is 4. The molecule has 0 unspecified atom stereocenters. The Bertz CT molecular complexity index is 2160. The molecular weight excluding hydrogens is 786 g/mol. The predicted octanol–water partition coefficient (Wildman–Crippen LogP) is 6.96. The van der Waals surface area contributed by atoms with Crippen molar-refractivity contribution >= 4 is 45.4 Å². The third kappa shape index (κ3) is 11.2. The molecule has 2 fully saturated rings. The number of aryl methyl sites for hydroxylation is 1. The number of fused-ring (bicyclic) bond motifs is 2. The fraction of sp³-hybridized carbons (Fsp3) is 0.488. The average Bonchev–Trinajstić information content (AvgIpc) is 3.60. The SMILES string of the molecule is CN1CC(NC(=O)c2cccc([C@@H](CCN3CCC(c4ccc(C(=O)O)cc4)CC3)NC(=O)c3nc4cc5c(nc4s3)CC[C@H](C(C)(C)C)C5)c2)C1.O=C(O)C(F)(F)F. The lowest BCUT2D eigenvalue weighted by Gasteiger charge is -2.36. The van der Waals surface area contributed by atoms with Gasteiger partial charge in [0.05, 0.1) is 17.6 Å². The fourth-order valence-electron chi connectivity index (χ4n) is 8.05. The molecule has 4 aromatic rings. The zero-order valence-electron chi connectivity index (χ0n) is 33.6. The summed E-state index contributed by atoms with van der Waals surface area (Å²) >= 11 is 1.35. The van der Waals surface area contributed by atoms with Gasteiger partial charge in [0.2, 0.25) is 0 Å². The summed E-state index contributed by atoms with van der Waals surface area (Å²) in [6.07, 6.45) is 0.606. The minimum atomic E-state index is -5.08. The van der Waals surface area contributed by atoms with E-state index >= 15 is 0 Å². The second kappa shape index (κ2) is 18.1. The molecule has 4 N–H and O–H groups in total.